The third kappa shape index (κ3) is 3.28. The van der Waals surface area contributed by atoms with Crippen molar-refractivity contribution in [3.8, 4) is 0 Å². The number of aromatic nitrogens is 1. The zero-order valence-electron chi connectivity index (χ0n) is 9.11. The molecule has 1 unspecified atom stereocenters. The van der Waals surface area contributed by atoms with Gasteiger partial charge >= 0.3 is 0 Å². The van der Waals surface area contributed by atoms with Gasteiger partial charge in [0.2, 0.25) is 0 Å². The lowest BCUT2D eigenvalue weighted by molar-refractivity contribution is 0.717. The molecule has 0 saturated heterocycles. The molecule has 1 atom stereocenters. The first-order chi connectivity index (χ1) is 8.16. The first kappa shape index (κ1) is 12.6. The Labute approximate surface area is 114 Å². The van der Waals surface area contributed by atoms with E-state index in [4.69, 9.17) is 17.3 Å². The molecule has 1 heterocycles. The minimum atomic E-state index is -0.0748. The van der Waals surface area contributed by atoms with E-state index in [2.05, 4.69) is 20.9 Å². The molecule has 0 aliphatic heterocycles. The minimum absolute atomic E-state index is 0.0748. The standard InChI is InChI=1S/C13H12BrClN2/c14-13-10(4-2-6-17-13)8-12(16)9-3-1-5-11(15)7-9/h1-7,12H,8,16H2. The van der Waals surface area contributed by atoms with Crippen LogP contribution in [0, 0.1) is 0 Å². The lowest BCUT2D eigenvalue weighted by atomic mass is 10.0. The van der Waals surface area contributed by atoms with Gasteiger partial charge < -0.3 is 5.73 Å². The molecule has 1 aromatic carbocycles. The largest absolute Gasteiger partial charge is 0.324 e. The van der Waals surface area contributed by atoms with Crippen LogP contribution >= 0.6 is 27.5 Å². The smallest absolute Gasteiger partial charge is 0.109 e. The number of rotatable bonds is 3. The Bertz CT molecular complexity index is 516. The summed E-state index contributed by atoms with van der Waals surface area (Å²) < 4.78 is 0.845. The van der Waals surface area contributed by atoms with Gasteiger partial charge in [0.15, 0.2) is 0 Å². The number of benzene rings is 1. The van der Waals surface area contributed by atoms with Gasteiger partial charge in [0, 0.05) is 17.3 Å². The highest BCUT2D eigenvalue weighted by Crippen LogP contribution is 2.22. The average molecular weight is 312 g/mol. The van der Waals surface area contributed by atoms with Gasteiger partial charge in [-0.3, -0.25) is 0 Å². The number of nitrogens with two attached hydrogens (primary N) is 1. The van der Waals surface area contributed by atoms with Crippen LogP contribution < -0.4 is 5.73 Å². The van der Waals surface area contributed by atoms with Crippen molar-refractivity contribution in [2.75, 3.05) is 0 Å². The van der Waals surface area contributed by atoms with Crippen LogP contribution in [0.1, 0.15) is 17.2 Å². The topological polar surface area (TPSA) is 38.9 Å². The predicted octanol–water partition coefficient (Wildman–Crippen LogP) is 3.74. The Morgan fingerprint density at radius 3 is 2.82 bits per heavy atom. The van der Waals surface area contributed by atoms with Crippen molar-refractivity contribution in [2.45, 2.75) is 12.5 Å². The van der Waals surface area contributed by atoms with Crippen molar-refractivity contribution >= 4 is 27.5 Å². The number of hydrogen-bond donors (Lipinski definition) is 1. The maximum absolute atomic E-state index is 6.16. The second-order valence-electron chi connectivity index (χ2n) is 3.82. The van der Waals surface area contributed by atoms with Gasteiger partial charge in [-0.2, -0.15) is 0 Å². The van der Waals surface area contributed by atoms with Crippen molar-refractivity contribution in [1.29, 1.82) is 0 Å². The normalized spacial score (nSPS) is 12.4. The maximum atomic E-state index is 6.16. The molecule has 2 nitrogen and oxygen atoms in total. The molecule has 2 aromatic rings. The first-order valence-corrected chi connectivity index (χ1v) is 6.44. The van der Waals surface area contributed by atoms with Gasteiger partial charge in [-0.1, -0.05) is 29.8 Å². The Kier molecular flexibility index (Phi) is 4.15. The van der Waals surface area contributed by atoms with E-state index >= 15 is 0 Å². The molecule has 0 amide bonds. The van der Waals surface area contributed by atoms with E-state index in [-0.39, 0.29) is 6.04 Å². The van der Waals surface area contributed by atoms with Crippen molar-refractivity contribution < 1.29 is 0 Å². The van der Waals surface area contributed by atoms with Gasteiger partial charge in [0.25, 0.3) is 0 Å². The third-order valence-electron chi connectivity index (χ3n) is 2.55. The molecule has 0 bridgehead atoms. The number of nitrogens with zero attached hydrogens (tertiary/aromatic N) is 1. The average Bonchev–Trinajstić information content (AvgIpc) is 2.32. The number of pyridine rings is 1. The minimum Gasteiger partial charge on any atom is -0.324 e. The molecule has 0 aliphatic rings. The number of halogens is 2. The lowest BCUT2D eigenvalue weighted by Crippen LogP contribution is -2.13. The van der Waals surface area contributed by atoms with Crippen LogP contribution in [0.5, 0.6) is 0 Å². The van der Waals surface area contributed by atoms with Crippen LogP contribution in [-0.2, 0) is 6.42 Å². The van der Waals surface area contributed by atoms with Crippen molar-refractivity contribution in [3.05, 3.63) is 63.3 Å². The van der Waals surface area contributed by atoms with Gasteiger partial charge in [0.05, 0.1) is 0 Å². The van der Waals surface area contributed by atoms with Gasteiger partial charge in [-0.15, -0.1) is 0 Å². The fourth-order valence-electron chi connectivity index (χ4n) is 1.66. The van der Waals surface area contributed by atoms with Gasteiger partial charge in [-0.05, 0) is 51.7 Å². The quantitative estimate of drug-likeness (QED) is 0.877. The van der Waals surface area contributed by atoms with Crippen LogP contribution in [-0.4, -0.2) is 4.98 Å². The Hall–Kier alpha value is -0.900. The summed E-state index contributed by atoms with van der Waals surface area (Å²) in [6.45, 7) is 0. The van der Waals surface area contributed by atoms with E-state index in [0.29, 0.717) is 5.02 Å². The molecule has 0 saturated carbocycles. The summed E-state index contributed by atoms with van der Waals surface area (Å²) in [6.07, 6.45) is 2.48. The van der Waals surface area contributed by atoms with E-state index in [1.54, 1.807) is 6.20 Å². The van der Waals surface area contributed by atoms with Gasteiger partial charge in [-0.25, -0.2) is 4.98 Å². The van der Waals surface area contributed by atoms with Crippen LogP contribution in [0.25, 0.3) is 0 Å². The number of hydrogen-bond acceptors (Lipinski definition) is 2. The summed E-state index contributed by atoms with van der Waals surface area (Å²) >= 11 is 9.37. The van der Waals surface area contributed by atoms with E-state index in [9.17, 15) is 0 Å². The van der Waals surface area contributed by atoms with E-state index in [0.717, 1.165) is 22.2 Å². The maximum Gasteiger partial charge on any atom is 0.109 e. The summed E-state index contributed by atoms with van der Waals surface area (Å²) in [4.78, 5) is 4.18. The van der Waals surface area contributed by atoms with E-state index < -0.39 is 0 Å². The SMILES string of the molecule is NC(Cc1cccnc1Br)c1cccc(Cl)c1. The molecule has 0 aliphatic carbocycles. The molecule has 88 valence electrons. The lowest BCUT2D eigenvalue weighted by Gasteiger charge is -2.13. The molecule has 4 heteroatoms. The second-order valence-corrected chi connectivity index (χ2v) is 5.01. The summed E-state index contributed by atoms with van der Waals surface area (Å²) in [5, 5.41) is 0.711. The Morgan fingerprint density at radius 2 is 2.12 bits per heavy atom. The highest BCUT2D eigenvalue weighted by Gasteiger charge is 2.09. The first-order valence-electron chi connectivity index (χ1n) is 5.27. The fourth-order valence-corrected chi connectivity index (χ4v) is 2.27. The summed E-state index contributed by atoms with van der Waals surface area (Å²) in [5.41, 5.74) is 8.29. The van der Waals surface area contributed by atoms with Crippen molar-refractivity contribution in [3.63, 3.8) is 0 Å². The molecular formula is C13H12BrClN2. The van der Waals surface area contributed by atoms with Crippen LogP contribution in [0.15, 0.2) is 47.2 Å². The predicted molar refractivity (Wildman–Crippen MR) is 74.0 cm³/mol. The zero-order chi connectivity index (χ0) is 12.3. The van der Waals surface area contributed by atoms with Gasteiger partial charge in [0.1, 0.15) is 4.60 Å². The molecule has 2 N–H and O–H groups in total. The molecule has 17 heavy (non-hydrogen) atoms. The zero-order valence-corrected chi connectivity index (χ0v) is 11.4. The van der Waals surface area contributed by atoms with Crippen LogP contribution in [0.2, 0.25) is 5.02 Å². The van der Waals surface area contributed by atoms with Crippen LogP contribution in [0.3, 0.4) is 0 Å². The highest BCUT2D eigenvalue weighted by atomic mass is 79.9. The van der Waals surface area contributed by atoms with Crippen molar-refractivity contribution in [1.82, 2.24) is 4.98 Å². The molecule has 0 spiro atoms. The van der Waals surface area contributed by atoms with Crippen LogP contribution in [0.4, 0.5) is 0 Å². The van der Waals surface area contributed by atoms with E-state index in [1.807, 2.05) is 36.4 Å². The monoisotopic (exact) mass is 310 g/mol. The Balaban J connectivity index is 2.17. The van der Waals surface area contributed by atoms with Crippen molar-refractivity contribution in [2.24, 2.45) is 5.73 Å². The third-order valence-corrected chi connectivity index (χ3v) is 3.50. The summed E-state index contributed by atoms with van der Waals surface area (Å²) in [5.74, 6) is 0. The summed E-state index contributed by atoms with van der Waals surface area (Å²) in [6, 6.07) is 11.5. The summed E-state index contributed by atoms with van der Waals surface area (Å²) in [7, 11) is 0. The molecule has 1 aromatic heterocycles. The highest BCUT2D eigenvalue weighted by molar-refractivity contribution is 9.10. The molecule has 2 rings (SSSR count). The molecular weight excluding hydrogens is 300 g/mol. The second kappa shape index (κ2) is 5.63. The van der Waals surface area contributed by atoms with E-state index in [1.165, 1.54) is 0 Å². The Morgan fingerprint density at radius 1 is 1.29 bits per heavy atom. The molecule has 0 fully saturated rings. The molecule has 0 radical (unpaired) electrons. The fraction of sp³-hybridized carbons (Fsp3) is 0.154.